The fourth-order valence-corrected chi connectivity index (χ4v) is 3.59. The number of aryl methyl sites for hydroxylation is 1. The highest BCUT2D eigenvalue weighted by molar-refractivity contribution is 6.07. The second-order valence-corrected chi connectivity index (χ2v) is 8.30. The number of imide groups is 1. The van der Waals surface area contributed by atoms with E-state index in [4.69, 9.17) is 11.1 Å². The largest absolute Gasteiger partial charge is 0.274 e. The van der Waals surface area contributed by atoms with Gasteiger partial charge in [-0.25, -0.2) is 10.9 Å². The zero-order valence-corrected chi connectivity index (χ0v) is 17.8. The molecule has 1 fully saturated rings. The molecule has 1 aliphatic carbocycles. The van der Waals surface area contributed by atoms with Crippen molar-refractivity contribution >= 4 is 11.8 Å². The molecule has 0 atom stereocenters. The number of carbonyl (C=O) groups excluding carboxylic acids is 2. The third-order valence-corrected chi connectivity index (χ3v) is 5.83. The number of nitrogens with zero attached hydrogens (tertiary/aromatic N) is 2. The molecule has 1 saturated carbocycles. The Kier molecular flexibility index (Phi) is 9.34. The van der Waals surface area contributed by atoms with Crippen molar-refractivity contribution in [3.8, 4) is 6.07 Å². The molecule has 0 unspecified atom stereocenters. The number of nitrogens with two attached hydrogens (primary N) is 1. The zero-order valence-electron chi connectivity index (χ0n) is 17.8. The van der Waals surface area contributed by atoms with Gasteiger partial charge in [0.25, 0.3) is 11.8 Å². The number of hydrogen-bond donors (Lipinski definition) is 1. The molecule has 0 spiro atoms. The topological polar surface area (TPSA) is 87.2 Å². The van der Waals surface area contributed by atoms with Crippen LogP contribution >= 0.6 is 0 Å². The Labute approximate surface area is 175 Å². The summed E-state index contributed by atoms with van der Waals surface area (Å²) in [5.74, 6) is 4.54. The summed E-state index contributed by atoms with van der Waals surface area (Å²) in [6.45, 7) is 2.25. The van der Waals surface area contributed by atoms with Gasteiger partial charge in [0.1, 0.15) is 5.41 Å². The van der Waals surface area contributed by atoms with Crippen molar-refractivity contribution in [2.75, 3.05) is 0 Å². The van der Waals surface area contributed by atoms with E-state index in [1.54, 1.807) is 12.1 Å². The van der Waals surface area contributed by atoms with Crippen molar-refractivity contribution < 1.29 is 9.59 Å². The Hall–Kier alpha value is -2.19. The summed E-state index contributed by atoms with van der Waals surface area (Å²) in [7, 11) is 0. The lowest BCUT2D eigenvalue weighted by Gasteiger charge is -2.17. The van der Waals surface area contributed by atoms with Crippen LogP contribution in [0.1, 0.15) is 99.9 Å². The van der Waals surface area contributed by atoms with Crippen molar-refractivity contribution in [2.24, 2.45) is 11.3 Å². The maximum absolute atomic E-state index is 12.4. The molecule has 0 aliphatic heterocycles. The van der Waals surface area contributed by atoms with Crippen LogP contribution in [0.5, 0.6) is 0 Å². The van der Waals surface area contributed by atoms with Crippen molar-refractivity contribution in [1.29, 1.82) is 5.26 Å². The first kappa shape index (κ1) is 23.1. The quantitative estimate of drug-likeness (QED) is 0.161. The zero-order chi connectivity index (χ0) is 21.1. The molecule has 5 heteroatoms. The normalized spacial score (nSPS) is 14.2. The third-order valence-electron chi connectivity index (χ3n) is 5.83. The van der Waals surface area contributed by atoms with Gasteiger partial charge in [-0.1, -0.05) is 76.8 Å². The van der Waals surface area contributed by atoms with Gasteiger partial charge >= 0.3 is 0 Å². The van der Waals surface area contributed by atoms with Gasteiger partial charge in [0, 0.05) is 5.56 Å². The Morgan fingerprint density at radius 2 is 1.48 bits per heavy atom. The van der Waals surface area contributed by atoms with Gasteiger partial charge in [0.15, 0.2) is 0 Å². The van der Waals surface area contributed by atoms with Gasteiger partial charge in [0.2, 0.25) is 0 Å². The van der Waals surface area contributed by atoms with E-state index in [9.17, 15) is 9.59 Å². The average molecular weight is 398 g/mol. The molecule has 1 aliphatic rings. The minimum Gasteiger partial charge on any atom is -0.271 e. The van der Waals surface area contributed by atoms with Gasteiger partial charge in [-0.3, -0.25) is 9.59 Å². The van der Waals surface area contributed by atoms with Crippen molar-refractivity contribution in [1.82, 2.24) is 5.01 Å². The number of rotatable bonds is 13. The van der Waals surface area contributed by atoms with Crippen LogP contribution in [-0.4, -0.2) is 16.8 Å². The lowest BCUT2D eigenvalue weighted by molar-refractivity contribution is -0.132. The molecule has 29 heavy (non-hydrogen) atoms. The number of unbranched alkanes of at least 4 members (excludes halogenated alkanes) is 9. The van der Waals surface area contributed by atoms with E-state index in [0.29, 0.717) is 23.4 Å². The van der Waals surface area contributed by atoms with Crippen molar-refractivity contribution in [3.05, 3.63) is 35.4 Å². The molecule has 1 aromatic carbocycles. The Balaban J connectivity index is 1.65. The summed E-state index contributed by atoms with van der Waals surface area (Å²) < 4.78 is 0. The van der Waals surface area contributed by atoms with Crippen LogP contribution in [-0.2, 0) is 11.2 Å². The monoisotopic (exact) mass is 397 g/mol. The predicted octanol–water partition coefficient (Wildman–Crippen LogP) is 5.30. The van der Waals surface area contributed by atoms with Crippen LogP contribution in [0.4, 0.5) is 0 Å². The summed E-state index contributed by atoms with van der Waals surface area (Å²) in [6, 6.07) is 9.26. The lowest BCUT2D eigenvalue weighted by Crippen LogP contribution is -2.46. The molecular weight excluding hydrogens is 362 g/mol. The number of amides is 2. The number of nitriles is 1. The van der Waals surface area contributed by atoms with E-state index >= 15 is 0 Å². The summed E-state index contributed by atoms with van der Waals surface area (Å²) >= 11 is 0. The van der Waals surface area contributed by atoms with Gasteiger partial charge in [0.05, 0.1) is 6.07 Å². The number of hydrazine groups is 1. The minimum absolute atomic E-state index is 0.376. The average Bonchev–Trinajstić information content (AvgIpc) is 3.55. The standard InChI is InChI=1S/C24H35N3O2/c1-2-3-4-5-6-7-8-9-10-11-12-20-13-15-21(16-14-20)22(28)27(26)23(29)24(19-25)17-18-24/h13-16H,2-12,17-18,26H2,1H3. The maximum Gasteiger partial charge on any atom is 0.274 e. The molecule has 5 nitrogen and oxygen atoms in total. The van der Waals surface area contributed by atoms with Gasteiger partial charge < -0.3 is 0 Å². The Morgan fingerprint density at radius 3 is 1.97 bits per heavy atom. The third kappa shape index (κ3) is 6.97. The molecule has 0 aromatic heterocycles. The molecule has 2 N–H and O–H groups in total. The minimum atomic E-state index is -1.08. The van der Waals surface area contributed by atoms with Crippen LogP contribution < -0.4 is 5.84 Å². The molecule has 1 aromatic rings. The maximum atomic E-state index is 12.4. The van der Waals surface area contributed by atoms with Crippen LogP contribution in [0.2, 0.25) is 0 Å². The molecule has 158 valence electrons. The summed E-state index contributed by atoms with van der Waals surface area (Å²) in [6.07, 6.45) is 15.1. The first-order chi connectivity index (χ1) is 14.0. The predicted molar refractivity (Wildman–Crippen MR) is 115 cm³/mol. The van der Waals surface area contributed by atoms with Crippen LogP contribution in [0, 0.1) is 16.7 Å². The molecule has 2 amide bonds. The number of carbonyl (C=O) groups is 2. The van der Waals surface area contributed by atoms with Crippen LogP contribution in [0.25, 0.3) is 0 Å². The number of hydrogen-bond acceptors (Lipinski definition) is 4. The smallest absolute Gasteiger partial charge is 0.271 e. The van der Waals surface area contributed by atoms with Crippen molar-refractivity contribution in [3.63, 3.8) is 0 Å². The van der Waals surface area contributed by atoms with Gasteiger partial charge in [-0.15, -0.1) is 0 Å². The highest BCUT2D eigenvalue weighted by atomic mass is 16.2. The molecule has 0 heterocycles. The first-order valence-electron chi connectivity index (χ1n) is 11.2. The summed E-state index contributed by atoms with van der Waals surface area (Å²) in [5, 5.41) is 9.70. The van der Waals surface area contributed by atoms with Crippen LogP contribution in [0.15, 0.2) is 24.3 Å². The fourth-order valence-electron chi connectivity index (χ4n) is 3.59. The SMILES string of the molecule is CCCCCCCCCCCCc1ccc(C(=O)N(N)C(=O)C2(C#N)CC2)cc1. The van der Waals surface area contributed by atoms with E-state index in [1.807, 2.05) is 18.2 Å². The molecule has 0 saturated heterocycles. The van der Waals surface area contributed by atoms with Crippen LogP contribution in [0.3, 0.4) is 0 Å². The fraction of sp³-hybridized carbons (Fsp3) is 0.625. The Morgan fingerprint density at radius 1 is 0.966 bits per heavy atom. The molecule has 0 radical (unpaired) electrons. The summed E-state index contributed by atoms with van der Waals surface area (Å²) in [4.78, 5) is 24.6. The van der Waals surface area contributed by atoms with E-state index < -0.39 is 17.2 Å². The molecule has 0 bridgehead atoms. The van der Waals surface area contributed by atoms with E-state index in [0.717, 1.165) is 12.8 Å². The first-order valence-corrected chi connectivity index (χ1v) is 11.2. The van der Waals surface area contributed by atoms with E-state index in [-0.39, 0.29) is 0 Å². The second-order valence-electron chi connectivity index (χ2n) is 8.30. The summed E-state index contributed by atoms with van der Waals surface area (Å²) in [5.41, 5.74) is 0.480. The van der Waals surface area contributed by atoms with Crippen molar-refractivity contribution in [2.45, 2.75) is 90.4 Å². The molecular formula is C24H35N3O2. The lowest BCUT2D eigenvalue weighted by atomic mass is 10.0. The number of benzene rings is 1. The van der Waals surface area contributed by atoms with Gasteiger partial charge in [-0.05, 0) is 43.4 Å². The molecule has 2 rings (SSSR count). The van der Waals surface area contributed by atoms with E-state index in [2.05, 4.69) is 6.92 Å². The highest BCUT2D eigenvalue weighted by Gasteiger charge is 2.53. The highest BCUT2D eigenvalue weighted by Crippen LogP contribution is 2.46. The second kappa shape index (κ2) is 11.7. The van der Waals surface area contributed by atoms with E-state index in [1.165, 1.54) is 63.4 Å². The Bertz CT molecular complexity index is 702. The van der Waals surface area contributed by atoms with Gasteiger partial charge in [-0.2, -0.15) is 5.26 Å².